The molecule has 2 fully saturated rings. The monoisotopic (exact) mass is 318 g/mol. The summed E-state index contributed by atoms with van der Waals surface area (Å²) in [6.45, 7) is 4.15. The zero-order valence-electron chi connectivity index (χ0n) is 13.5. The molecular formula is C18H22O5. The third-order valence-electron chi connectivity index (χ3n) is 4.90. The molecule has 0 N–H and O–H groups in total. The smallest absolute Gasteiger partial charge is 0.338 e. The van der Waals surface area contributed by atoms with Gasteiger partial charge in [-0.1, -0.05) is 18.2 Å². The van der Waals surface area contributed by atoms with Gasteiger partial charge in [-0.25, -0.2) is 4.79 Å². The highest BCUT2D eigenvalue weighted by atomic mass is 16.6. The SMILES string of the molecule is C[C@]1(C(=O)OCCOC(=O)c2ccccc2)CC[C@]2(C)O[C@H]2C1. The summed E-state index contributed by atoms with van der Waals surface area (Å²) >= 11 is 0. The zero-order chi connectivity index (χ0) is 16.5. The average Bonchev–Trinajstić information content (AvgIpc) is 3.22. The van der Waals surface area contributed by atoms with Crippen molar-refractivity contribution in [3.05, 3.63) is 35.9 Å². The summed E-state index contributed by atoms with van der Waals surface area (Å²) in [4.78, 5) is 24.0. The van der Waals surface area contributed by atoms with Crippen LogP contribution in [0.25, 0.3) is 0 Å². The Labute approximate surface area is 135 Å². The molecule has 0 spiro atoms. The first-order valence-electron chi connectivity index (χ1n) is 8.00. The summed E-state index contributed by atoms with van der Waals surface area (Å²) in [7, 11) is 0. The lowest BCUT2D eigenvalue weighted by Crippen LogP contribution is -2.37. The van der Waals surface area contributed by atoms with Gasteiger partial charge in [0, 0.05) is 0 Å². The second kappa shape index (κ2) is 5.96. The van der Waals surface area contributed by atoms with Gasteiger partial charge in [-0.2, -0.15) is 0 Å². The quantitative estimate of drug-likeness (QED) is 0.474. The molecule has 0 amide bonds. The van der Waals surface area contributed by atoms with E-state index in [-0.39, 0.29) is 30.9 Å². The molecule has 0 aromatic heterocycles. The number of esters is 2. The summed E-state index contributed by atoms with van der Waals surface area (Å²) in [5.74, 6) is -0.640. The van der Waals surface area contributed by atoms with Gasteiger partial charge in [0.1, 0.15) is 13.2 Å². The Hall–Kier alpha value is -1.88. The number of hydrogen-bond acceptors (Lipinski definition) is 5. The molecule has 0 bridgehead atoms. The molecule has 1 saturated carbocycles. The molecule has 23 heavy (non-hydrogen) atoms. The largest absolute Gasteiger partial charge is 0.462 e. The van der Waals surface area contributed by atoms with Crippen LogP contribution in [0.2, 0.25) is 0 Å². The lowest BCUT2D eigenvalue weighted by Gasteiger charge is -2.31. The van der Waals surface area contributed by atoms with Gasteiger partial charge in [0.05, 0.1) is 22.7 Å². The van der Waals surface area contributed by atoms with E-state index >= 15 is 0 Å². The predicted molar refractivity (Wildman–Crippen MR) is 82.9 cm³/mol. The lowest BCUT2D eigenvalue weighted by molar-refractivity contribution is -0.157. The summed E-state index contributed by atoms with van der Waals surface area (Å²) in [6.07, 6.45) is 2.52. The van der Waals surface area contributed by atoms with Crippen molar-refractivity contribution in [3.63, 3.8) is 0 Å². The summed E-state index contributed by atoms with van der Waals surface area (Å²) in [5.41, 5.74) is -0.0296. The molecule has 0 unspecified atom stereocenters. The number of benzene rings is 1. The second-order valence-electron chi connectivity index (χ2n) is 6.82. The van der Waals surface area contributed by atoms with Crippen molar-refractivity contribution in [2.45, 2.75) is 44.8 Å². The van der Waals surface area contributed by atoms with Gasteiger partial charge in [0.25, 0.3) is 0 Å². The van der Waals surface area contributed by atoms with Crippen LogP contribution in [-0.2, 0) is 19.0 Å². The Morgan fingerprint density at radius 1 is 1.13 bits per heavy atom. The molecule has 5 heteroatoms. The first kappa shape index (κ1) is 16.0. The van der Waals surface area contributed by atoms with E-state index in [1.807, 2.05) is 13.0 Å². The van der Waals surface area contributed by atoms with E-state index in [1.54, 1.807) is 24.3 Å². The average molecular weight is 318 g/mol. The highest BCUT2D eigenvalue weighted by Crippen LogP contribution is 2.53. The zero-order valence-corrected chi connectivity index (χ0v) is 13.5. The van der Waals surface area contributed by atoms with E-state index in [0.717, 1.165) is 12.8 Å². The van der Waals surface area contributed by atoms with Crippen LogP contribution in [0, 0.1) is 5.41 Å². The Balaban J connectivity index is 1.40. The van der Waals surface area contributed by atoms with Crippen molar-refractivity contribution in [2.24, 2.45) is 5.41 Å². The van der Waals surface area contributed by atoms with Crippen LogP contribution in [0.1, 0.15) is 43.5 Å². The van der Waals surface area contributed by atoms with Crippen molar-refractivity contribution in [2.75, 3.05) is 13.2 Å². The topological polar surface area (TPSA) is 65.1 Å². The lowest BCUT2D eigenvalue weighted by atomic mass is 9.72. The van der Waals surface area contributed by atoms with Crippen molar-refractivity contribution in [3.8, 4) is 0 Å². The highest BCUT2D eigenvalue weighted by molar-refractivity contribution is 5.89. The van der Waals surface area contributed by atoms with Crippen molar-refractivity contribution >= 4 is 11.9 Å². The Morgan fingerprint density at radius 2 is 1.83 bits per heavy atom. The van der Waals surface area contributed by atoms with Crippen molar-refractivity contribution < 1.29 is 23.8 Å². The summed E-state index contributed by atoms with van der Waals surface area (Å²) < 4.78 is 16.0. The van der Waals surface area contributed by atoms with Gasteiger partial charge in [-0.05, 0) is 45.2 Å². The number of carbonyl (C=O) groups is 2. The molecule has 3 atom stereocenters. The van der Waals surface area contributed by atoms with Crippen molar-refractivity contribution in [1.29, 1.82) is 0 Å². The van der Waals surface area contributed by atoms with Crippen LogP contribution in [0.5, 0.6) is 0 Å². The Morgan fingerprint density at radius 3 is 2.52 bits per heavy atom. The molecule has 1 aromatic rings. The molecule has 2 aliphatic rings. The van der Waals surface area contributed by atoms with Gasteiger partial charge in [-0.15, -0.1) is 0 Å². The van der Waals surface area contributed by atoms with Crippen LogP contribution in [0.15, 0.2) is 30.3 Å². The molecule has 1 aliphatic carbocycles. The molecule has 3 rings (SSSR count). The third kappa shape index (κ3) is 3.39. The second-order valence-corrected chi connectivity index (χ2v) is 6.82. The third-order valence-corrected chi connectivity index (χ3v) is 4.90. The van der Waals surface area contributed by atoms with E-state index < -0.39 is 11.4 Å². The van der Waals surface area contributed by atoms with E-state index in [0.29, 0.717) is 12.0 Å². The number of fused-ring (bicyclic) bond motifs is 1. The first-order valence-corrected chi connectivity index (χ1v) is 8.00. The Kier molecular flexibility index (Phi) is 4.15. The molecule has 5 nitrogen and oxygen atoms in total. The minimum Gasteiger partial charge on any atom is -0.462 e. The normalized spacial score (nSPS) is 31.8. The van der Waals surface area contributed by atoms with Crippen LogP contribution < -0.4 is 0 Å². The first-order chi connectivity index (χ1) is 10.9. The minimum absolute atomic E-state index is 0.0228. The molecule has 1 saturated heterocycles. The van der Waals surface area contributed by atoms with Gasteiger partial charge in [0.15, 0.2) is 0 Å². The van der Waals surface area contributed by atoms with Gasteiger partial charge in [-0.3, -0.25) is 4.79 Å². The summed E-state index contributed by atoms with van der Waals surface area (Å²) in [5, 5.41) is 0. The fourth-order valence-electron chi connectivity index (χ4n) is 3.09. The molecular weight excluding hydrogens is 296 g/mol. The van der Waals surface area contributed by atoms with E-state index in [1.165, 1.54) is 0 Å². The number of rotatable bonds is 5. The van der Waals surface area contributed by atoms with Crippen molar-refractivity contribution in [1.82, 2.24) is 0 Å². The maximum absolute atomic E-state index is 12.3. The van der Waals surface area contributed by atoms with Crippen LogP contribution in [0.3, 0.4) is 0 Å². The maximum Gasteiger partial charge on any atom is 0.338 e. The molecule has 124 valence electrons. The van der Waals surface area contributed by atoms with Crippen LogP contribution in [-0.4, -0.2) is 36.9 Å². The molecule has 1 aliphatic heterocycles. The van der Waals surface area contributed by atoms with Crippen LogP contribution in [0.4, 0.5) is 0 Å². The summed E-state index contributed by atoms with van der Waals surface area (Å²) in [6, 6.07) is 8.74. The number of ether oxygens (including phenoxy) is 3. The number of hydrogen-bond donors (Lipinski definition) is 0. The van der Waals surface area contributed by atoms with Gasteiger partial charge < -0.3 is 14.2 Å². The Bertz CT molecular complexity index is 599. The van der Waals surface area contributed by atoms with E-state index in [2.05, 4.69) is 6.92 Å². The van der Waals surface area contributed by atoms with E-state index in [9.17, 15) is 9.59 Å². The maximum atomic E-state index is 12.3. The minimum atomic E-state index is -0.496. The van der Waals surface area contributed by atoms with Gasteiger partial charge >= 0.3 is 11.9 Å². The van der Waals surface area contributed by atoms with E-state index in [4.69, 9.17) is 14.2 Å². The number of carbonyl (C=O) groups excluding carboxylic acids is 2. The molecule has 1 aromatic carbocycles. The van der Waals surface area contributed by atoms with Crippen LogP contribution >= 0.6 is 0 Å². The standard InChI is InChI=1S/C18H22O5/c1-17(8-9-18(2)14(12-17)23-18)16(20)22-11-10-21-15(19)13-6-4-3-5-7-13/h3-7,14H,8-12H2,1-2H3/t14-,17-,18-/m0/s1. The molecule has 0 radical (unpaired) electrons. The fourth-order valence-corrected chi connectivity index (χ4v) is 3.09. The number of epoxide rings is 1. The molecule has 1 heterocycles. The fraction of sp³-hybridized carbons (Fsp3) is 0.556. The predicted octanol–water partition coefficient (Wildman–Crippen LogP) is 2.73. The van der Waals surface area contributed by atoms with Gasteiger partial charge in [0.2, 0.25) is 0 Å². The highest BCUT2D eigenvalue weighted by Gasteiger charge is 2.60.